The minimum Gasteiger partial charge on any atom is -0.337 e. The van der Waals surface area contributed by atoms with Crippen LogP contribution in [0, 0.1) is 0 Å². The van der Waals surface area contributed by atoms with Crippen LogP contribution in [0.4, 0.5) is 11.4 Å². The number of hydrogen-bond donors (Lipinski definition) is 0. The van der Waals surface area contributed by atoms with Gasteiger partial charge in [-0.1, -0.05) is 194 Å². The molecule has 10 aromatic carbocycles. The summed E-state index contributed by atoms with van der Waals surface area (Å²) in [4.78, 5) is 2.01. The van der Waals surface area contributed by atoms with Gasteiger partial charge in [0, 0.05) is 38.1 Å². The fourth-order valence-electron chi connectivity index (χ4n) is 9.95. The van der Waals surface area contributed by atoms with Gasteiger partial charge < -0.3 is 4.90 Å². The lowest BCUT2D eigenvalue weighted by molar-refractivity contribution is 0.767. The molecule has 0 aliphatic heterocycles. The molecule has 0 bridgehead atoms. The van der Waals surface area contributed by atoms with E-state index in [9.17, 15) is 5.48 Å². The van der Waals surface area contributed by atoms with E-state index in [-0.39, 0.29) is 36.4 Å². The summed E-state index contributed by atoms with van der Waals surface area (Å²) in [7, 11) is 0. The molecular formula is C60H41NS. The van der Waals surface area contributed by atoms with Crippen LogP contribution in [0.1, 0.15) is 33.3 Å². The van der Waals surface area contributed by atoms with Crippen molar-refractivity contribution in [3.63, 3.8) is 0 Å². The molecule has 1 heterocycles. The van der Waals surface area contributed by atoms with Crippen LogP contribution in [0.2, 0.25) is 0 Å². The lowest BCUT2D eigenvalue weighted by atomic mass is 9.67. The van der Waals surface area contributed by atoms with Gasteiger partial charge in [0.2, 0.25) is 0 Å². The molecule has 12 rings (SSSR count). The first kappa shape index (κ1) is 32.3. The highest BCUT2D eigenvalue weighted by atomic mass is 32.1. The Kier molecular flexibility index (Phi) is 7.75. The van der Waals surface area contributed by atoms with Gasteiger partial charge in [-0.15, -0.1) is 11.3 Å². The first-order valence-corrected chi connectivity index (χ1v) is 21.9. The molecule has 1 aromatic heterocycles. The van der Waals surface area contributed by atoms with Gasteiger partial charge in [-0.05, 0) is 114 Å². The van der Waals surface area contributed by atoms with Gasteiger partial charge in [-0.2, -0.15) is 0 Å². The zero-order chi connectivity index (χ0) is 44.5. The Morgan fingerprint density at radius 1 is 0.419 bits per heavy atom. The van der Waals surface area contributed by atoms with E-state index in [1.165, 1.54) is 36.9 Å². The Morgan fingerprint density at radius 2 is 1.03 bits per heavy atom. The molecule has 0 saturated carbocycles. The summed E-state index contributed by atoms with van der Waals surface area (Å²) in [5, 5.41) is 4.29. The minimum atomic E-state index is -0.607. The summed E-state index contributed by atoms with van der Waals surface area (Å²) >= 11 is 1.79. The summed E-state index contributed by atoms with van der Waals surface area (Å²) in [6.45, 7) is 0.277. The number of benzene rings is 10. The summed E-state index contributed by atoms with van der Waals surface area (Å²) in [5.74, 6) is 0. The molecule has 0 radical (unpaired) electrons. The van der Waals surface area contributed by atoms with Crippen molar-refractivity contribution in [1.29, 1.82) is 0 Å². The van der Waals surface area contributed by atoms with Gasteiger partial charge in [0.15, 0.2) is 0 Å². The molecule has 0 unspecified atom stereocenters. The van der Waals surface area contributed by atoms with Crippen molar-refractivity contribution < 1.29 is 5.48 Å². The van der Waals surface area contributed by atoms with Crippen molar-refractivity contribution in [2.24, 2.45) is 0 Å². The normalized spacial score (nSPS) is 13.6. The third-order valence-corrected chi connectivity index (χ3v) is 13.9. The fraction of sp³-hybridized carbons (Fsp3) is 0.0333. The highest BCUT2D eigenvalue weighted by Gasteiger charge is 2.46. The van der Waals surface area contributed by atoms with Crippen LogP contribution in [0.5, 0.6) is 0 Å². The highest BCUT2D eigenvalue weighted by Crippen LogP contribution is 2.57. The number of fused-ring (bicyclic) bond motifs is 7. The van der Waals surface area contributed by atoms with Gasteiger partial charge in [0.25, 0.3) is 0 Å². The SMILES string of the molecule is [2H]c1c([2H])c(N(Cc2cccc3c2-c2ccccc2C3(c2ccccc2)c2ccccc2)c2cccc(-c3ccc4sc5ccccc5c4c3)c2)c([2H])c([2H])c1-c1cccc2ccccc12. The topological polar surface area (TPSA) is 3.24 Å². The number of hydrogen-bond acceptors (Lipinski definition) is 2. The van der Waals surface area contributed by atoms with Crippen molar-refractivity contribution in [2.75, 3.05) is 4.90 Å². The molecule has 292 valence electrons. The highest BCUT2D eigenvalue weighted by molar-refractivity contribution is 7.25. The molecule has 1 nitrogen and oxygen atoms in total. The quantitative estimate of drug-likeness (QED) is 0.148. The zero-order valence-corrected chi connectivity index (χ0v) is 34.6. The molecular weight excluding hydrogens is 767 g/mol. The van der Waals surface area contributed by atoms with E-state index in [4.69, 9.17) is 0 Å². The summed E-state index contributed by atoms with van der Waals surface area (Å²) in [6, 6.07) is 73.6. The van der Waals surface area contributed by atoms with E-state index >= 15 is 0 Å². The largest absolute Gasteiger partial charge is 0.337 e. The first-order valence-electron chi connectivity index (χ1n) is 23.1. The monoisotopic (exact) mass is 811 g/mol. The average molecular weight is 812 g/mol. The molecule has 2 heteroatoms. The van der Waals surface area contributed by atoms with Crippen molar-refractivity contribution in [2.45, 2.75) is 12.0 Å². The molecule has 0 amide bonds. The number of anilines is 2. The maximum atomic E-state index is 9.87. The lowest BCUT2D eigenvalue weighted by Crippen LogP contribution is -2.28. The van der Waals surface area contributed by atoms with Gasteiger partial charge in [0.1, 0.15) is 0 Å². The number of rotatable bonds is 8. The Bertz CT molecular complexity index is 3620. The fourth-order valence-corrected chi connectivity index (χ4v) is 11.0. The molecule has 0 saturated heterocycles. The van der Waals surface area contributed by atoms with E-state index in [1.807, 2.05) is 59.5 Å². The van der Waals surface area contributed by atoms with Gasteiger partial charge in [0.05, 0.1) is 10.9 Å². The molecule has 0 N–H and O–H groups in total. The first-order chi connectivity index (χ1) is 32.4. The summed E-state index contributed by atoms with van der Waals surface area (Å²) in [6.07, 6.45) is 0. The Labute approximate surface area is 372 Å². The average Bonchev–Trinajstić information content (AvgIpc) is 3.90. The second kappa shape index (κ2) is 14.9. The number of thiophene rings is 1. The standard InChI is InChI=1S/C60H41NS/c1-3-20-46(21-4-1)60(47-22-5-2-6-23-47)55-29-11-9-27-53(55)59-45(19-15-30-56(59)60)40-61(48-35-32-42(33-36-48)51-28-14-17-41-16-7-8-25-50(41)51)49-24-13-18-43(38-49)44-34-37-58-54(39-44)52-26-10-12-31-57(52)62-58/h1-39H,40H2/i32D,33D,35D,36D. The van der Waals surface area contributed by atoms with Gasteiger partial charge in [-0.25, -0.2) is 0 Å². The Hall–Kier alpha value is -7.52. The predicted molar refractivity (Wildman–Crippen MR) is 264 cm³/mol. The smallest absolute Gasteiger partial charge is 0.0713 e. The van der Waals surface area contributed by atoms with Crippen LogP contribution in [0.15, 0.2) is 236 Å². The third kappa shape index (κ3) is 5.83. The van der Waals surface area contributed by atoms with Crippen LogP contribution in [0.25, 0.3) is 64.3 Å². The van der Waals surface area contributed by atoms with Crippen molar-refractivity contribution in [3.8, 4) is 33.4 Å². The van der Waals surface area contributed by atoms with E-state index in [2.05, 4.69) is 158 Å². The summed E-state index contributed by atoms with van der Waals surface area (Å²) in [5.41, 5.74) is 11.4. The molecule has 1 aliphatic carbocycles. The zero-order valence-electron chi connectivity index (χ0n) is 37.8. The lowest BCUT2D eigenvalue weighted by Gasteiger charge is -2.34. The van der Waals surface area contributed by atoms with E-state index < -0.39 is 5.41 Å². The maximum absolute atomic E-state index is 9.87. The molecule has 0 spiro atoms. The Morgan fingerprint density at radius 3 is 1.85 bits per heavy atom. The molecule has 62 heavy (non-hydrogen) atoms. The maximum Gasteiger partial charge on any atom is 0.0713 e. The molecule has 0 atom stereocenters. The van der Waals surface area contributed by atoms with Crippen molar-refractivity contribution in [3.05, 3.63) is 264 Å². The van der Waals surface area contributed by atoms with E-state index in [1.54, 1.807) is 11.3 Å². The summed E-state index contributed by atoms with van der Waals surface area (Å²) < 4.78 is 41.6. The minimum absolute atomic E-state index is 0.0749. The van der Waals surface area contributed by atoms with E-state index in [0.29, 0.717) is 11.1 Å². The van der Waals surface area contributed by atoms with Crippen LogP contribution in [-0.4, -0.2) is 0 Å². The number of nitrogens with zero attached hydrogens (tertiary/aromatic N) is 1. The van der Waals surface area contributed by atoms with Crippen LogP contribution < -0.4 is 4.90 Å². The third-order valence-electron chi connectivity index (χ3n) is 12.7. The van der Waals surface area contributed by atoms with E-state index in [0.717, 1.165) is 49.8 Å². The molecule has 11 aromatic rings. The van der Waals surface area contributed by atoms with Gasteiger partial charge >= 0.3 is 0 Å². The second-order valence-corrected chi connectivity index (χ2v) is 17.1. The van der Waals surface area contributed by atoms with Crippen LogP contribution in [-0.2, 0) is 12.0 Å². The predicted octanol–water partition coefficient (Wildman–Crippen LogP) is 16.2. The Balaban J connectivity index is 1.09. The van der Waals surface area contributed by atoms with Crippen molar-refractivity contribution in [1.82, 2.24) is 0 Å². The van der Waals surface area contributed by atoms with Crippen molar-refractivity contribution >= 4 is 53.7 Å². The van der Waals surface area contributed by atoms with Crippen LogP contribution in [0.3, 0.4) is 0 Å². The van der Waals surface area contributed by atoms with Gasteiger partial charge in [-0.3, -0.25) is 0 Å². The van der Waals surface area contributed by atoms with Crippen LogP contribution >= 0.6 is 11.3 Å². The molecule has 1 aliphatic rings. The molecule has 0 fully saturated rings. The second-order valence-electron chi connectivity index (χ2n) is 16.1.